The van der Waals surface area contributed by atoms with Gasteiger partial charge >= 0.3 is 0 Å². The van der Waals surface area contributed by atoms with Crippen molar-refractivity contribution >= 4 is 11.6 Å². The van der Waals surface area contributed by atoms with Gasteiger partial charge in [0.1, 0.15) is 0 Å². The average Bonchev–Trinajstić information content (AvgIpc) is 2.46. The highest BCUT2D eigenvalue weighted by atomic mass is 35.5. The van der Waals surface area contributed by atoms with Crippen molar-refractivity contribution in [3.63, 3.8) is 0 Å². The lowest BCUT2D eigenvalue weighted by Crippen LogP contribution is -2.34. The van der Waals surface area contributed by atoms with Crippen molar-refractivity contribution in [2.75, 3.05) is 6.61 Å². The molecule has 0 aliphatic heterocycles. The van der Waals surface area contributed by atoms with Gasteiger partial charge in [-0.25, -0.2) is 0 Å². The third kappa shape index (κ3) is 4.67. The van der Waals surface area contributed by atoms with Crippen LogP contribution in [0.15, 0.2) is 54.6 Å². The molecule has 2 nitrogen and oxygen atoms in total. The molecule has 0 heterocycles. The number of hydrogen-bond donors (Lipinski definition) is 2. The van der Waals surface area contributed by atoms with Crippen LogP contribution >= 0.6 is 11.6 Å². The molecule has 0 aliphatic carbocycles. The van der Waals surface area contributed by atoms with Crippen molar-refractivity contribution in [3.8, 4) is 0 Å². The molecule has 0 saturated heterocycles. The summed E-state index contributed by atoms with van der Waals surface area (Å²) in [6.07, 6.45) is 0.792. The van der Waals surface area contributed by atoms with E-state index in [1.165, 1.54) is 11.1 Å². The predicted octanol–water partition coefficient (Wildman–Crippen LogP) is 3.03. The molecule has 0 saturated carbocycles. The zero-order valence-electron chi connectivity index (χ0n) is 10.7. The first-order valence-corrected chi connectivity index (χ1v) is 6.78. The molecule has 0 aliphatic rings. The molecular weight excluding hydrogens is 258 g/mol. The van der Waals surface area contributed by atoms with Crippen LogP contribution < -0.4 is 5.32 Å². The molecule has 0 bridgehead atoms. The van der Waals surface area contributed by atoms with Gasteiger partial charge in [0.2, 0.25) is 0 Å². The molecule has 0 aromatic heterocycles. The maximum atomic E-state index is 9.43. The van der Waals surface area contributed by atoms with E-state index in [9.17, 15) is 5.11 Å². The highest BCUT2D eigenvalue weighted by molar-refractivity contribution is 6.30. The highest BCUT2D eigenvalue weighted by Crippen LogP contribution is 2.11. The van der Waals surface area contributed by atoms with Crippen molar-refractivity contribution in [2.45, 2.75) is 19.0 Å². The molecule has 2 rings (SSSR count). The van der Waals surface area contributed by atoms with Gasteiger partial charge in [-0.3, -0.25) is 0 Å². The molecule has 19 heavy (non-hydrogen) atoms. The van der Waals surface area contributed by atoms with Gasteiger partial charge < -0.3 is 10.4 Å². The second kappa shape index (κ2) is 7.29. The molecule has 2 aromatic rings. The van der Waals surface area contributed by atoms with E-state index in [1.54, 1.807) is 0 Å². The van der Waals surface area contributed by atoms with Gasteiger partial charge in [-0.2, -0.15) is 0 Å². The average molecular weight is 276 g/mol. The molecular formula is C16H18ClNO. The number of benzene rings is 2. The molecule has 3 heteroatoms. The van der Waals surface area contributed by atoms with Gasteiger partial charge in [0.05, 0.1) is 6.61 Å². The molecule has 0 radical (unpaired) electrons. The van der Waals surface area contributed by atoms with Crippen molar-refractivity contribution in [1.82, 2.24) is 5.32 Å². The maximum Gasteiger partial charge on any atom is 0.0587 e. The summed E-state index contributed by atoms with van der Waals surface area (Å²) in [6.45, 7) is 0.884. The molecule has 1 atom stereocenters. The van der Waals surface area contributed by atoms with Crippen LogP contribution in [-0.2, 0) is 13.0 Å². The third-order valence-corrected chi connectivity index (χ3v) is 3.31. The Morgan fingerprint density at radius 1 is 0.947 bits per heavy atom. The van der Waals surface area contributed by atoms with Crippen molar-refractivity contribution < 1.29 is 5.11 Å². The topological polar surface area (TPSA) is 32.3 Å². The van der Waals surface area contributed by atoms with E-state index >= 15 is 0 Å². The van der Waals surface area contributed by atoms with E-state index in [1.807, 2.05) is 42.5 Å². The van der Waals surface area contributed by atoms with Crippen LogP contribution in [0.2, 0.25) is 5.02 Å². The number of rotatable bonds is 6. The summed E-state index contributed by atoms with van der Waals surface area (Å²) in [6, 6.07) is 18.0. The Hall–Kier alpha value is -1.35. The maximum absolute atomic E-state index is 9.43. The number of aliphatic hydroxyl groups excluding tert-OH is 1. The first-order chi connectivity index (χ1) is 9.28. The number of hydrogen-bond acceptors (Lipinski definition) is 2. The van der Waals surface area contributed by atoms with Crippen molar-refractivity contribution in [2.24, 2.45) is 0 Å². The summed E-state index contributed by atoms with van der Waals surface area (Å²) >= 11 is 5.86. The lowest BCUT2D eigenvalue weighted by Gasteiger charge is -2.16. The summed E-state index contributed by atoms with van der Waals surface area (Å²) in [5.74, 6) is 0. The van der Waals surface area contributed by atoms with Crippen molar-refractivity contribution in [3.05, 3.63) is 70.7 Å². The minimum Gasteiger partial charge on any atom is -0.395 e. The van der Waals surface area contributed by atoms with E-state index in [4.69, 9.17) is 11.6 Å². The predicted molar refractivity (Wildman–Crippen MR) is 79.3 cm³/mol. The van der Waals surface area contributed by atoms with Gasteiger partial charge in [0.25, 0.3) is 0 Å². The largest absolute Gasteiger partial charge is 0.395 e. The summed E-state index contributed by atoms with van der Waals surface area (Å²) in [7, 11) is 0. The van der Waals surface area contributed by atoms with E-state index in [-0.39, 0.29) is 12.6 Å². The summed E-state index contributed by atoms with van der Waals surface area (Å²) in [4.78, 5) is 0. The number of nitrogens with one attached hydrogen (secondary N) is 1. The fourth-order valence-electron chi connectivity index (χ4n) is 1.96. The standard InChI is InChI=1S/C16H18ClNO/c17-15-8-6-13(7-9-15)10-16(12-19)18-11-14-4-2-1-3-5-14/h1-9,16,18-19H,10-12H2. The van der Waals surface area contributed by atoms with E-state index < -0.39 is 0 Å². The second-order valence-corrected chi connectivity index (χ2v) is 5.01. The lowest BCUT2D eigenvalue weighted by atomic mass is 10.1. The van der Waals surface area contributed by atoms with Crippen LogP contribution in [0.1, 0.15) is 11.1 Å². The second-order valence-electron chi connectivity index (χ2n) is 4.58. The van der Waals surface area contributed by atoms with E-state index in [0.29, 0.717) is 0 Å². The summed E-state index contributed by atoms with van der Waals surface area (Å²) < 4.78 is 0. The Bertz CT molecular complexity index is 484. The Balaban J connectivity index is 1.88. The fraction of sp³-hybridized carbons (Fsp3) is 0.250. The van der Waals surface area contributed by atoms with Gasteiger partial charge in [-0.1, -0.05) is 54.1 Å². The minimum absolute atomic E-state index is 0.0568. The van der Waals surface area contributed by atoms with E-state index in [0.717, 1.165) is 18.0 Å². The van der Waals surface area contributed by atoms with Crippen LogP contribution in [0.25, 0.3) is 0 Å². The van der Waals surface area contributed by atoms with Crippen LogP contribution in [0.5, 0.6) is 0 Å². The highest BCUT2D eigenvalue weighted by Gasteiger charge is 2.07. The van der Waals surface area contributed by atoms with Crippen LogP contribution in [0.4, 0.5) is 0 Å². The van der Waals surface area contributed by atoms with Crippen LogP contribution in [-0.4, -0.2) is 17.8 Å². The first-order valence-electron chi connectivity index (χ1n) is 6.40. The summed E-state index contributed by atoms with van der Waals surface area (Å²) in [5, 5.41) is 13.5. The Morgan fingerprint density at radius 3 is 2.26 bits per heavy atom. The Kier molecular flexibility index (Phi) is 5.40. The SMILES string of the molecule is OCC(Cc1ccc(Cl)cc1)NCc1ccccc1. The molecule has 2 aromatic carbocycles. The molecule has 0 fully saturated rings. The molecule has 1 unspecified atom stereocenters. The van der Waals surface area contributed by atoms with Gasteiger partial charge in [0.15, 0.2) is 0 Å². The van der Waals surface area contributed by atoms with Gasteiger partial charge in [-0.05, 0) is 29.7 Å². The molecule has 100 valence electrons. The third-order valence-electron chi connectivity index (χ3n) is 3.05. The van der Waals surface area contributed by atoms with Gasteiger partial charge in [-0.15, -0.1) is 0 Å². The normalized spacial score (nSPS) is 12.3. The Labute approximate surface area is 119 Å². The summed E-state index contributed by atoms with van der Waals surface area (Å²) in [5.41, 5.74) is 2.39. The molecule has 2 N–H and O–H groups in total. The zero-order valence-corrected chi connectivity index (χ0v) is 11.5. The lowest BCUT2D eigenvalue weighted by molar-refractivity contribution is 0.241. The van der Waals surface area contributed by atoms with Gasteiger partial charge in [0, 0.05) is 17.6 Å². The van der Waals surface area contributed by atoms with Crippen LogP contribution in [0.3, 0.4) is 0 Å². The quantitative estimate of drug-likeness (QED) is 0.849. The smallest absolute Gasteiger partial charge is 0.0587 e. The zero-order chi connectivity index (χ0) is 13.5. The monoisotopic (exact) mass is 275 g/mol. The van der Waals surface area contributed by atoms with E-state index in [2.05, 4.69) is 17.4 Å². The number of halogens is 1. The van der Waals surface area contributed by atoms with Crippen LogP contribution in [0, 0.1) is 0 Å². The number of aliphatic hydroxyl groups is 1. The minimum atomic E-state index is 0.0568. The fourth-order valence-corrected chi connectivity index (χ4v) is 2.09. The first kappa shape index (κ1) is 14.1. The van der Waals surface area contributed by atoms with Crippen molar-refractivity contribution in [1.29, 1.82) is 0 Å². The molecule has 0 spiro atoms. The Morgan fingerprint density at radius 2 is 1.63 bits per heavy atom. The molecule has 0 amide bonds.